The summed E-state index contributed by atoms with van der Waals surface area (Å²) < 4.78 is 42.4. The second-order valence-corrected chi connectivity index (χ2v) is 11.9. The number of halogens is 2. The van der Waals surface area contributed by atoms with E-state index in [1.165, 1.54) is 25.0 Å². The molecule has 1 saturated carbocycles. The predicted octanol–water partition coefficient (Wildman–Crippen LogP) is 3.89. The number of anilines is 4. The Hall–Kier alpha value is -3.14. The molecule has 2 aromatic rings. The van der Waals surface area contributed by atoms with Gasteiger partial charge in [-0.25, -0.2) is 18.5 Å². The van der Waals surface area contributed by atoms with Gasteiger partial charge in [-0.3, -0.25) is 4.79 Å². The van der Waals surface area contributed by atoms with Crippen molar-refractivity contribution in [2.75, 3.05) is 58.4 Å². The molecule has 208 valence electrons. The van der Waals surface area contributed by atoms with Crippen LogP contribution in [0, 0.1) is 16.7 Å². The van der Waals surface area contributed by atoms with Crippen LogP contribution in [0.4, 0.5) is 31.8 Å². The van der Waals surface area contributed by atoms with E-state index in [1.807, 2.05) is 0 Å². The fraction of sp³-hybridized carbons (Fsp3) is 0.519. The molecule has 0 bridgehead atoms. The SMILES string of the molecule is N#Cc1ccc(NC(=O)c2ccc(N[S+]([O-])CCO)cc2N2CCC3(CC2)CC3)nc1N1CCC(F)(F)CC1. The number of benzene rings is 1. The lowest BCUT2D eigenvalue weighted by atomic mass is 9.93. The van der Waals surface area contributed by atoms with Crippen molar-refractivity contribution in [2.24, 2.45) is 5.41 Å². The third-order valence-electron chi connectivity index (χ3n) is 7.90. The van der Waals surface area contributed by atoms with E-state index in [0.29, 0.717) is 22.4 Å². The molecular formula is C27H32F2N6O3S. The molecule has 3 heterocycles. The summed E-state index contributed by atoms with van der Waals surface area (Å²) in [7, 11) is 0. The number of pyridine rings is 1. The molecule has 2 saturated heterocycles. The zero-order valence-electron chi connectivity index (χ0n) is 21.6. The zero-order valence-corrected chi connectivity index (χ0v) is 22.4. The predicted molar refractivity (Wildman–Crippen MR) is 147 cm³/mol. The second-order valence-electron chi connectivity index (χ2n) is 10.6. The molecule has 3 N–H and O–H groups in total. The topological polar surface area (TPSA) is 128 Å². The average molecular weight is 559 g/mol. The molecule has 1 unspecified atom stereocenters. The van der Waals surface area contributed by atoms with Crippen LogP contribution < -0.4 is 19.8 Å². The van der Waals surface area contributed by atoms with E-state index in [4.69, 9.17) is 5.11 Å². The lowest BCUT2D eigenvalue weighted by Crippen LogP contribution is -2.40. The number of rotatable bonds is 8. The Bertz CT molecular complexity index is 1250. The van der Waals surface area contributed by atoms with E-state index in [1.54, 1.807) is 23.1 Å². The van der Waals surface area contributed by atoms with Gasteiger partial charge in [0.2, 0.25) is 0 Å². The van der Waals surface area contributed by atoms with Crippen LogP contribution in [0.25, 0.3) is 0 Å². The monoisotopic (exact) mass is 558 g/mol. The number of aliphatic hydroxyl groups is 1. The Kier molecular flexibility index (Phi) is 7.84. The van der Waals surface area contributed by atoms with E-state index >= 15 is 0 Å². The minimum atomic E-state index is -2.73. The number of carbonyl (C=O) groups is 1. The number of nitrogens with one attached hydrogen (secondary N) is 2. The lowest BCUT2D eigenvalue weighted by Gasteiger charge is -2.35. The van der Waals surface area contributed by atoms with Gasteiger partial charge in [-0.15, -0.1) is 0 Å². The van der Waals surface area contributed by atoms with Crippen LogP contribution in [-0.4, -0.2) is 65.0 Å². The number of alkyl halides is 2. The average Bonchev–Trinajstić information content (AvgIpc) is 3.67. The highest BCUT2D eigenvalue weighted by Gasteiger charge is 2.44. The zero-order chi connectivity index (χ0) is 27.6. The lowest BCUT2D eigenvalue weighted by molar-refractivity contribution is -0.0221. The molecule has 9 nitrogen and oxygen atoms in total. The third kappa shape index (κ3) is 6.37. The summed E-state index contributed by atoms with van der Waals surface area (Å²) in [5.74, 6) is -2.54. The standard InChI is InChI=1S/C27H32F2N6O3S/c28-27(29)9-13-35(14-10-27)24-19(18-30)1-4-23(31-24)32-25(37)21-3-2-20(33-39(38)16-15-36)17-22(21)34-11-7-26(5-6-26)8-12-34/h1-4,17,33,36H,5-16H2,(H,31,32,37). The van der Waals surface area contributed by atoms with Gasteiger partial charge in [0.1, 0.15) is 17.7 Å². The summed E-state index contributed by atoms with van der Waals surface area (Å²) >= 11 is -1.46. The largest absolute Gasteiger partial charge is 0.593 e. The maximum atomic E-state index is 13.7. The number of carbonyl (C=O) groups excluding carboxylic acids is 1. The molecule has 1 spiro atoms. The van der Waals surface area contributed by atoms with E-state index in [9.17, 15) is 23.4 Å². The molecular weight excluding hydrogens is 526 g/mol. The highest BCUT2D eigenvalue weighted by molar-refractivity contribution is 7.92. The van der Waals surface area contributed by atoms with E-state index < -0.39 is 23.2 Å². The van der Waals surface area contributed by atoms with Gasteiger partial charge in [0.15, 0.2) is 5.75 Å². The molecule has 1 amide bonds. The summed E-state index contributed by atoms with van der Waals surface area (Å²) in [6.07, 6.45) is 3.96. The van der Waals surface area contributed by atoms with E-state index in [2.05, 4.69) is 26.0 Å². The van der Waals surface area contributed by atoms with Gasteiger partial charge in [0.25, 0.3) is 11.8 Å². The molecule has 1 atom stereocenters. The van der Waals surface area contributed by atoms with Crippen molar-refractivity contribution in [3.63, 3.8) is 0 Å². The Balaban J connectivity index is 1.38. The first-order valence-corrected chi connectivity index (χ1v) is 14.5. The smallest absolute Gasteiger partial charge is 0.258 e. The minimum absolute atomic E-state index is 0.0682. The number of amides is 1. The summed E-state index contributed by atoms with van der Waals surface area (Å²) in [6.45, 7) is 1.54. The van der Waals surface area contributed by atoms with Crippen molar-refractivity contribution in [1.82, 2.24) is 4.98 Å². The molecule has 0 radical (unpaired) electrons. The molecule has 5 rings (SSSR count). The maximum Gasteiger partial charge on any atom is 0.258 e. The normalized spacial score (nSPS) is 20.3. The van der Waals surface area contributed by atoms with Crippen molar-refractivity contribution >= 4 is 40.3 Å². The first-order valence-electron chi connectivity index (χ1n) is 13.2. The van der Waals surface area contributed by atoms with Crippen LogP contribution in [0.2, 0.25) is 0 Å². The molecule has 2 aliphatic heterocycles. The molecule has 3 aliphatic rings. The minimum Gasteiger partial charge on any atom is -0.593 e. The van der Waals surface area contributed by atoms with E-state index in [0.717, 1.165) is 25.9 Å². The number of hydrogen-bond acceptors (Lipinski definition) is 8. The Morgan fingerprint density at radius 3 is 2.41 bits per heavy atom. The van der Waals surface area contributed by atoms with Crippen LogP contribution >= 0.6 is 0 Å². The highest BCUT2D eigenvalue weighted by atomic mass is 32.2. The highest BCUT2D eigenvalue weighted by Crippen LogP contribution is 2.54. The number of nitriles is 1. The van der Waals surface area contributed by atoms with Gasteiger partial charge >= 0.3 is 0 Å². The number of hydrogen-bond donors (Lipinski definition) is 3. The first kappa shape index (κ1) is 27.4. The number of piperidine rings is 2. The number of aliphatic hydroxyl groups excluding tert-OH is 1. The quantitative estimate of drug-likeness (QED) is 0.417. The van der Waals surface area contributed by atoms with Crippen LogP contribution in [0.15, 0.2) is 30.3 Å². The van der Waals surface area contributed by atoms with Crippen LogP contribution in [0.1, 0.15) is 54.4 Å². The van der Waals surface area contributed by atoms with Crippen molar-refractivity contribution in [3.8, 4) is 6.07 Å². The Labute approximate surface area is 229 Å². The molecule has 1 aromatic carbocycles. The summed E-state index contributed by atoms with van der Waals surface area (Å²) in [5.41, 5.74) is 2.42. The molecule has 1 aromatic heterocycles. The van der Waals surface area contributed by atoms with Crippen molar-refractivity contribution in [2.45, 2.75) is 44.4 Å². The fourth-order valence-corrected chi connectivity index (χ4v) is 5.95. The molecule has 12 heteroatoms. The summed E-state index contributed by atoms with van der Waals surface area (Å²) in [6, 6.07) is 10.3. The maximum absolute atomic E-state index is 13.7. The summed E-state index contributed by atoms with van der Waals surface area (Å²) in [4.78, 5) is 21.8. The van der Waals surface area contributed by atoms with Gasteiger partial charge in [0.05, 0.1) is 40.5 Å². The number of nitrogens with zero attached hydrogens (tertiary/aromatic N) is 4. The van der Waals surface area contributed by atoms with Gasteiger partial charge in [-0.1, -0.05) is 0 Å². The first-order chi connectivity index (χ1) is 18.7. The number of aromatic nitrogens is 1. The van der Waals surface area contributed by atoms with E-state index in [-0.39, 0.29) is 55.5 Å². The third-order valence-corrected chi connectivity index (χ3v) is 8.92. The second kappa shape index (κ2) is 11.2. The van der Waals surface area contributed by atoms with Crippen molar-refractivity contribution in [3.05, 3.63) is 41.5 Å². The van der Waals surface area contributed by atoms with Gasteiger partial charge in [-0.2, -0.15) is 5.26 Å². The van der Waals surface area contributed by atoms with Crippen LogP contribution in [0.5, 0.6) is 0 Å². The van der Waals surface area contributed by atoms with Crippen LogP contribution in [-0.2, 0) is 11.4 Å². The molecule has 39 heavy (non-hydrogen) atoms. The Morgan fingerprint density at radius 2 is 1.77 bits per heavy atom. The fourth-order valence-electron chi connectivity index (χ4n) is 5.29. The molecule has 3 fully saturated rings. The van der Waals surface area contributed by atoms with Gasteiger partial charge < -0.3 is 24.8 Å². The Morgan fingerprint density at radius 1 is 1.08 bits per heavy atom. The van der Waals surface area contributed by atoms with Crippen LogP contribution in [0.3, 0.4) is 0 Å². The molecule has 1 aliphatic carbocycles. The van der Waals surface area contributed by atoms with Crippen molar-refractivity contribution in [1.29, 1.82) is 5.26 Å². The van der Waals surface area contributed by atoms with Gasteiger partial charge in [0, 0.05) is 39.0 Å². The summed E-state index contributed by atoms with van der Waals surface area (Å²) in [5, 5.41) is 21.5. The van der Waals surface area contributed by atoms with Gasteiger partial charge in [-0.05, 0) is 61.4 Å². The van der Waals surface area contributed by atoms with Crippen molar-refractivity contribution < 1.29 is 23.2 Å².